The Kier molecular flexibility index (Phi) is 4.39. The van der Waals surface area contributed by atoms with Crippen LogP contribution in [0.1, 0.15) is 29.9 Å². The number of anilines is 1. The van der Waals surface area contributed by atoms with E-state index in [1.165, 1.54) is 18.3 Å². The summed E-state index contributed by atoms with van der Waals surface area (Å²) in [6.07, 6.45) is 0.585. The lowest BCUT2D eigenvalue weighted by Crippen LogP contribution is -2.56. The minimum atomic E-state index is -0.414. The second-order valence-corrected chi connectivity index (χ2v) is 5.64. The number of piperazine rings is 1. The summed E-state index contributed by atoms with van der Waals surface area (Å²) in [7, 11) is 0. The molecule has 0 radical (unpaired) electrons. The highest BCUT2D eigenvalue weighted by Gasteiger charge is 2.32. The Bertz CT molecular complexity index is 541. The van der Waals surface area contributed by atoms with Crippen molar-refractivity contribution in [1.29, 1.82) is 0 Å². The van der Waals surface area contributed by atoms with E-state index < -0.39 is 6.04 Å². The first-order chi connectivity index (χ1) is 9.52. The van der Waals surface area contributed by atoms with Crippen molar-refractivity contribution in [3.63, 3.8) is 0 Å². The minimum absolute atomic E-state index is 0.106. The molecule has 6 nitrogen and oxygen atoms in total. The van der Waals surface area contributed by atoms with Crippen molar-refractivity contribution in [2.24, 2.45) is 0 Å². The number of rotatable bonds is 3. The molecule has 3 amide bonds. The van der Waals surface area contributed by atoms with E-state index >= 15 is 0 Å². The third-order valence-corrected chi connectivity index (χ3v) is 4.08. The Hall–Kier alpha value is -1.89. The standard InChI is InChI=1S/C13H17N3O3S/c1-3-9-12(18)14-6-7-16(9)13(19)10-4-5-11(20-10)15-8(2)17/h4-5,9H,3,6-7H2,1-2H3,(H,14,18)(H,15,17). The molecule has 2 heterocycles. The van der Waals surface area contributed by atoms with Gasteiger partial charge in [-0.15, -0.1) is 11.3 Å². The molecule has 1 fully saturated rings. The van der Waals surface area contributed by atoms with Gasteiger partial charge in [0.05, 0.1) is 9.88 Å². The summed E-state index contributed by atoms with van der Waals surface area (Å²) in [6.45, 7) is 4.29. The Balaban J connectivity index is 2.15. The van der Waals surface area contributed by atoms with E-state index in [0.717, 1.165) is 0 Å². The van der Waals surface area contributed by atoms with Gasteiger partial charge in [-0.05, 0) is 18.6 Å². The third-order valence-electron chi connectivity index (χ3n) is 3.09. The number of thiophene rings is 1. The molecule has 1 aromatic rings. The van der Waals surface area contributed by atoms with Crippen molar-refractivity contribution in [2.45, 2.75) is 26.3 Å². The van der Waals surface area contributed by atoms with Gasteiger partial charge in [-0.2, -0.15) is 0 Å². The van der Waals surface area contributed by atoms with Gasteiger partial charge in [0.15, 0.2) is 0 Å². The molecule has 0 spiro atoms. The van der Waals surface area contributed by atoms with Crippen molar-refractivity contribution in [1.82, 2.24) is 10.2 Å². The summed E-state index contributed by atoms with van der Waals surface area (Å²) in [5, 5.41) is 6.05. The van der Waals surface area contributed by atoms with Gasteiger partial charge in [0, 0.05) is 20.0 Å². The molecule has 7 heteroatoms. The smallest absolute Gasteiger partial charge is 0.264 e. The zero-order valence-corrected chi connectivity index (χ0v) is 12.3. The first-order valence-electron chi connectivity index (χ1n) is 6.49. The van der Waals surface area contributed by atoms with Crippen molar-refractivity contribution in [2.75, 3.05) is 18.4 Å². The molecular formula is C13H17N3O3S. The molecule has 2 rings (SSSR count). The molecular weight excluding hydrogens is 278 g/mol. The van der Waals surface area contributed by atoms with E-state index in [2.05, 4.69) is 10.6 Å². The fourth-order valence-corrected chi connectivity index (χ4v) is 3.11. The van der Waals surface area contributed by atoms with Gasteiger partial charge in [0.2, 0.25) is 11.8 Å². The molecule has 1 aliphatic rings. The number of nitrogens with one attached hydrogen (secondary N) is 2. The summed E-state index contributed by atoms with van der Waals surface area (Å²) >= 11 is 1.22. The maximum atomic E-state index is 12.5. The van der Waals surface area contributed by atoms with Crippen LogP contribution >= 0.6 is 11.3 Å². The van der Waals surface area contributed by atoms with Gasteiger partial charge >= 0.3 is 0 Å². The van der Waals surface area contributed by atoms with Crippen molar-refractivity contribution in [3.05, 3.63) is 17.0 Å². The zero-order chi connectivity index (χ0) is 14.7. The summed E-state index contributed by atoms with van der Waals surface area (Å²) in [5.74, 6) is -0.436. The molecule has 0 bridgehead atoms. The van der Waals surface area contributed by atoms with Crippen LogP contribution in [-0.4, -0.2) is 41.8 Å². The molecule has 1 atom stereocenters. The molecule has 108 valence electrons. The van der Waals surface area contributed by atoms with Crippen LogP contribution in [0, 0.1) is 0 Å². The lowest BCUT2D eigenvalue weighted by molar-refractivity contribution is -0.127. The molecule has 20 heavy (non-hydrogen) atoms. The molecule has 1 saturated heterocycles. The number of nitrogens with zero attached hydrogens (tertiary/aromatic N) is 1. The highest BCUT2D eigenvalue weighted by atomic mass is 32.1. The molecule has 1 unspecified atom stereocenters. The van der Waals surface area contributed by atoms with E-state index in [0.29, 0.717) is 29.4 Å². The van der Waals surface area contributed by atoms with Crippen LogP contribution in [0.15, 0.2) is 12.1 Å². The average Bonchev–Trinajstić information content (AvgIpc) is 2.85. The maximum Gasteiger partial charge on any atom is 0.264 e. The van der Waals surface area contributed by atoms with Crippen LogP contribution in [0.2, 0.25) is 0 Å². The molecule has 1 aliphatic heterocycles. The normalized spacial score (nSPS) is 18.6. The van der Waals surface area contributed by atoms with E-state index in [1.54, 1.807) is 17.0 Å². The Morgan fingerprint density at radius 1 is 1.50 bits per heavy atom. The Morgan fingerprint density at radius 3 is 2.90 bits per heavy atom. The van der Waals surface area contributed by atoms with Crippen LogP contribution in [-0.2, 0) is 9.59 Å². The summed E-state index contributed by atoms with van der Waals surface area (Å²) < 4.78 is 0. The molecule has 0 aliphatic carbocycles. The SMILES string of the molecule is CCC1C(=O)NCCN1C(=O)c1ccc(NC(C)=O)s1. The van der Waals surface area contributed by atoms with Crippen LogP contribution in [0.4, 0.5) is 5.00 Å². The van der Waals surface area contributed by atoms with Crippen LogP contribution < -0.4 is 10.6 Å². The first kappa shape index (κ1) is 14.5. The van der Waals surface area contributed by atoms with E-state index in [9.17, 15) is 14.4 Å². The number of hydrogen-bond donors (Lipinski definition) is 2. The van der Waals surface area contributed by atoms with Gasteiger partial charge in [0.1, 0.15) is 6.04 Å². The average molecular weight is 295 g/mol. The van der Waals surface area contributed by atoms with Crippen LogP contribution in [0.3, 0.4) is 0 Å². The van der Waals surface area contributed by atoms with Gasteiger partial charge in [0.25, 0.3) is 5.91 Å². The fourth-order valence-electron chi connectivity index (χ4n) is 2.20. The topological polar surface area (TPSA) is 78.5 Å². The van der Waals surface area contributed by atoms with Gasteiger partial charge in [-0.25, -0.2) is 0 Å². The second kappa shape index (κ2) is 6.04. The highest BCUT2D eigenvalue weighted by molar-refractivity contribution is 7.18. The van der Waals surface area contributed by atoms with E-state index in [1.807, 2.05) is 6.92 Å². The van der Waals surface area contributed by atoms with Crippen LogP contribution in [0.25, 0.3) is 0 Å². The van der Waals surface area contributed by atoms with Crippen molar-refractivity contribution in [3.8, 4) is 0 Å². The Morgan fingerprint density at radius 2 is 2.25 bits per heavy atom. The van der Waals surface area contributed by atoms with Crippen LogP contribution in [0.5, 0.6) is 0 Å². The predicted molar refractivity (Wildman–Crippen MR) is 76.7 cm³/mol. The van der Waals surface area contributed by atoms with Gasteiger partial charge < -0.3 is 15.5 Å². The predicted octanol–water partition coefficient (Wildman–Crippen LogP) is 1.06. The summed E-state index contributed by atoms with van der Waals surface area (Å²) in [4.78, 5) is 37.3. The molecule has 1 aromatic heterocycles. The number of carbonyl (C=O) groups is 3. The highest BCUT2D eigenvalue weighted by Crippen LogP contribution is 2.24. The van der Waals surface area contributed by atoms with Crippen molar-refractivity contribution < 1.29 is 14.4 Å². The largest absolute Gasteiger partial charge is 0.353 e. The molecule has 0 aromatic carbocycles. The van der Waals surface area contributed by atoms with E-state index in [4.69, 9.17) is 0 Å². The number of hydrogen-bond acceptors (Lipinski definition) is 4. The minimum Gasteiger partial charge on any atom is -0.353 e. The summed E-state index contributed by atoms with van der Waals surface area (Å²) in [5.41, 5.74) is 0. The Labute approximate surface area is 121 Å². The van der Waals surface area contributed by atoms with Gasteiger partial charge in [-0.3, -0.25) is 14.4 Å². The zero-order valence-electron chi connectivity index (χ0n) is 11.4. The molecule has 2 N–H and O–H groups in total. The fraction of sp³-hybridized carbons (Fsp3) is 0.462. The lowest BCUT2D eigenvalue weighted by Gasteiger charge is -2.34. The number of amides is 3. The second-order valence-electron chi connectivity index (χ2n) is 4.56. The van der Waals surface area contributed by atoms with Gasteiger partial charge in [-0.1, -0.05) is 6.92 Å². The monoisotopic (exact) mass is 295 g/mol. The quantitative estimate of drug-likeness (QED) is 0.875. The van der Waals surface area contributed by atoms with Crippen molar-refractivity contribution >= 4 is 34.1 Å². The lowest BCUT2D eigenvalue weighted by atomic mass is 10.1. The third kappa shape index (κ3) is 2.98. The number of carbonyl (C=O) groups excluding carboxylic acids is 3. The maximum absolute atomic E-state index is 12.5. The molecule has 0 saturated carbocycles. The first-order valence-corrected chi connectivity index (χ1v) is 7.30. The van der Waals surface area contributed by atoms with E-state index in [-0.39, 0.29) is 17.7 Å². The summed E-state index contributed by atoms with van der Waals surface area (Å²) in [6, 6.07) is 2.96.